The monoisotopic (exact) mass is 472 g/mol. The van der Waals surface area contributed by atoms with Crippen LogP contribution in [0.1, 0.15) is 34.8 Å². The van der Waals surface area contributed by atoms with Crippen LogP contribution in [0.5, 0.6) is 0 Å². The van der Waals surface area contributed by atoms with Gasteiger partial charge in [0.2, 0.25) is 5.91 Å². The van der Waals surface area contributed by atoms with E-state index in [0.29, 0.717) is 50.4 Å². The first-order chi connectivity index (χ1) is 15.7. The number of rotatable bonds is 8. The van der Waals surface area contributed by atoms with Crippen LogP contribution in [0.2, 0.25) is 0 Å². The molecule has 8 nitrogen and oxygen atoms in total. The van der Waals surface area contributed by atoms with E-state index in [-0.39, 0.29) is 22.4 Å². The summed E-state index contributed by atoms with van der Waals surface area (Å²) in [6.45, 7) is 8.67. The molecule has 0 bridgehead atoms. The third-order valence-electron chi connectivity index (χ3n) is 5.63. The van der Waals surface area contributed by atoms with E-state index in [4.69, 9.17) is 0 Å². The van der Waals surface area contributed by atoms with Crippen LogP contribution < -0.4 is 10.0 Å². The van der Waals surface area contributed by atoms with Crippen LogP contribution >= 0.6 is 0 Å². The number of nitrogens with zero attached hydrogens (tertiary/aromatic N) is 2. The molecule has 0 radical (unpaired) electrons. The topological polar surface area (TPSA) is 98.8 Å². The summed E-state index contributed by atoms with van der Waals surface area (Å²) in [7, 11) is -3.86. The number of carbonyl (C=O) groups is 2. The van der Waals surface area contributed by atoms with Crippen molar-refractivity contribution in [1.29, 1.82) is 0 Å². The molecular formula is C24H32N4O4S. The molecule has 0 unspecified atom stereocenters. The lowest BCUT2D eigenvalue weighted by Gasteiger charge is -2.34. The number of benzene rings is 2. The van der Waals surface area contributed by atoms with Crippen molar-refractivity contribution in [3.8, 4) is 0 Å². The molecule has 0 aromatic heterocycles. The zero-order chi connectivity index (χ0) is 24.0. The first-order valence-electron chi connectivity index (χ1n) is 11.2. The van der Waals surface area contributed by atoms with E-state index in [0.717, 1.165) is 12.0 Å². The molecule has 1 fully saturated rings. The maximum atomic E-state index is 13.2. The Hall–Kier alpha value is -2.91. The Labute approximate surface area is 196 Å². The van der Waals surface area contributed by atoms with Gasteiger partial charge in [-0.25, -0.2) is 8.42 Å². The average molecular weight is 473 g/mol. The van der Waals surface area contributed by atoms with Crippen molar-refractivity contribution in [2.75, 3.05) is 44.0 Å². The lowest BCUT2D eigenvalue weighted by atomic mass is 10.1. The number of hydrogen-bond donors (Lipinski definition) is 2. The maximum Gasteiger partial charge on any atom is 0.262 e. The molecule has 9 heteroatoms. The predicted molar refractivity (Wildman–Crippen MR) is 129 cm³/mol. The first kappa shape index (κ1) is 24.7. The number of hydrogen-bond acceptors (Lipinski definition) is 5. The van der Waals surface area contributed by atoms with E-state index >= 15 is 0 Å². The Kier molecular flexibility index (Phi) is 8.10. The van der Waals surface area contributed by atoms with Gasteiger partial charge in [0, 0.05) is 32.7 Å². The smallest absolute Gasteiger partial charge is 0.262 e. The second-order valence-corrected chi connectivity index (χ2v) is 9.99. The minimum Gasteiger partial charge on any atom is -0.355 e. The average Bonchev–Trinajstić information content (AvgIpc) is 2.79. The highest BCUT2D eigenvalue weighted by Crippen LogP contribution is 2.24. The second-order valence-electron chi connectivity index (χ2n) is 8.34. The molecule has 2 N–H and O–H groups in total. The van der Waals surface area contributed by atoms with Crippen molar-refractivity contribution in [3.63, 3.8) is 0 Å². The van der Waals surface area contributed by atoms with Gasteiger partial charge in [-0.1, -0.05) is 31.2 Å². The highest BCUT2D eigenvalue weighted by Gasteiger charge is 2.26. The molecule has 0 atom stereocenters. The number of sulfonamides is 1. The third kappa shape index (κ3) is 6.33. The molecular weight excluding hydrogens is 440 g/mol. The Bertz CT molecular complexity index is 1110. The van der Waals surface area contributed by atoms with Crippen LogP contribution in [-0.4, -0.2) is 69.3 Å². The van der Waals surface area contributed by atoms with Crippen molar-refractivity contribution in [2.24, 2.45) is 0 Å². The van der Waals surface area contributed by atoms with E-state index in [1.165, 1.54) is 0 Å². The third-order valence-corrected chi connectivity index (χ3v) is 7.14. The van der Waals surface area contributed by atoms with Gasteiger partial charge in [-0.3, -0.25) is 19.2 Å². The lowest BCUT2D eigenvalue weighted by molar-refractivity contribution is -0.122. The van der Waals surface area contributed by atoms with Crippen LogP contribution in [0, 0.1) is 13.8 Å². The Morgan fingerprint density at radius 1 is 1.00 bits per heavy atom. The normalized spacial score (nSPS) is 14.7. The van der Waals surface area contributed by atoms with Crippen molar-refractivity contribution in [1.82, 2.24) is 15.1 Å². The van der Waals surface area contributed by atoms with Gasteiger partial charge < -0.3 is 10.2 Å². The minimum absolute atomic E-state index is 0.0113. The number of piperazine rings is 1. The molecule has 3 rings (SSSR count). The SMILES string of the molecule is CCCNC(=O)CN1CCN(C(=O)c2ccccc2NS(=O)(=O)c2cc(C)ccc2C)CC1. The van der Waals surface area contributed by atoms with Crippen molar-refractivity contribution in [2.45, 2.75) is 32.1 Å². The molecule has 0 saturated carbocycles. The van der Waals surface area contributed by atoms with Gasteiger partial charge >= 0.3 is 0 Å². The van der Waals surface area contributed by atoms with Gasteiger partial charge in [0.1, 0.15) is 0 Å². The van der Waals surface area contributed by atoms with Crippen LogP contribution in [0.25, 0.3) is 0 Å². The Morgan fingerprint density at radius 2 is 1.70 bits per heavy atom. The Morgan fingerprint density at radius 3 is 2.39 bits per heavy atom. The van der Waals surface area contributed by atoms with Gasteiger partial charge in [0.15, 0.2) is 0 Å². The molecule has 178 valence electrons. The van der Waals surface area contributed by atoms with Crippen molar-refractivity contribution >= 4 is 27.5 Å². The van der Waals surface area contributed by atoms with E-state index < -0.39 is 10.0 Å². The Balaban J connectivity index is 1.70. The van der Waals surface area contributed by atoms with Crippen LogP contribution in [0.15, 0.2) is 47.4 Å². The highest BCUT2D eigenvalue weighted by atomic mass is 32.2. The number of carbonyl (C=O) groups excluding carboxylic acids is 2. The van der Waals surface area contributed by atoms with Crippen LogP contribution in [-0.2, 0) is 14.8 Å². The summed E-state index contributed by atoms with van der Waals surface area (Å²) in [5.41, 5.74) is 2.04. The van der Waals surface area contributed by atoms with E-state index in [9.17, 15) is 18.0 Å². The zero-order valence-electron chi connectivity index (χ0n) is 19.4. The van der Waals surface area contributed by atoms with Gasteiger partial charge in [-0.2, -0.15) is 0 Å². The molecule has 1 aliphatic heterocycles. The molecule has 1 aliphatic rings. The van der Waals surface area contributed by atoms with E-state index in [2.05, 4.69) is 10.0 Å². The summed E-state index contributed by atoms with van der Waals surface area (Å²) in [6.07, 6.45) is 0.890. The van der Waals surface area contributed by atoms with Gasteiger partial charge in [0.05, 0.1) is 22.7 Å². The second kappa shape index (κ2) is 10.8. The minimum atomic E-state index is -3.86. The van der Waals surface area contributed by atoms with Crippen molar-refractivity contribution in [3.05, 3.63) is 59.2 Å². The first-order valence-corrected chi connectivity index (χ1v) is 12.7. The molecule has 0 spiro atoms. The number of anilines is 1. The largest absolute Gasteiger partial charge is 0.355 e. The molecule has 2 amide bonds. The fraction of sp³-hybridized carbons (Fsp3) is 0.417. The summed E-state index contributed by atoms with van der Waals surface area (Å²) in [6, 6.07) is 11.9. The summed E-state index contributed by atoms with van der Waals surface area (Å²) in [4.78, 5) is 29.1. The molecule has 2 aromatic rings. The number of amides is 2. The summed E-state index contributed by atoms with van der Waals surface area (Å²) < 4.78 is 28.7. The molecule has 1 heterocycles. The van der Waals surface area contributed by atoms with Gasteiger partial charge in [0.25, 0.3) is 15.9 Å². The molecule has 2 aromatic carbocycles. The fourth-order valence-electron chi connectivity index (χ4n) is 3.76. The van der Waals surface area contributed by atoms with Crippen molar-refractivity contribution < 1.29 is 18.0 Å². The number of aryl methyl sites for hydroxylation is 2. The van der Waals surface area contributed by atoms with E-state index in [1.54, 1.807) is 48.2 Å². The summed E-state index contributed by atoms with van der Waals surface area (Å²) in [5, 5.41) is 2.86. The maximum absolute atomic E-state index is 13.2. The van der Waals surface area contributed by atoms with E-state index in [1.807, 2.05) is 24.8 Å². The highest BCUT2D eigenvalue weighted by molar-refractivity contribution is 7.92. The fourth-order valence-corrected chi connectivity index (χ4v) is 5.17. The van der Waals surface area contributed by atoms with Crippen LogP contribution in [0.4, 0.5) is 5.69 Å². The lowest BCUT2D eigenvalue weighted by Crippen LogP contribution is -2.51. The van der Waals surface area contributed by atoms with Gasteiger partial charge in [-0.15, -0.1) is 0 Å². The number of nitrogens with one attached hydrogen (secondary N) is 2. The summed E-state index contributed by atoms with van der Waals surface area (Å²) >= 11 is 0. The molecule has 33 heavy (non-hydrogen) atoms. The summed E-state index contributed by atoms with van der Waals surface area (Å²) in [5.74, 6) is -0.243. The quantitative estimate of drug-likeness (QED) is 0.615. The predicted octanol–water partition coefficient (Wildman–Crippen LogP) is 2.39. The van der Waals surface area contributed by atoms with Gasteiger partial charge in [-0.05, 0) is 49.6 Å². The molecule has 1 saturated heterocycles. The zero-order valence-corrected chi connectivity index (χ0v) is 20.2. The van der Waals surface area contributed by atoms with Crippen LogP contribution in [0.3, 0.4) is 0 Å². The molecule has 0 aliphatic carbocycles. The number of para-hydroxylation sites is 1. The standard InChI is InChI=1S/C24H32N4O4S/c1-4-11-25-23(29)17-27-12-14-28(15-13-27)24(30)20-7-5-6-8-21(20)26-33(31,32)22-16-18(2)9-10-19(22)3/h5-10,16,26H,4,11-15,17H2,1-3H3,(H,25,29).